The zero-order valence-corrected chi connectivity index (χ0v) is 19.1. The minimum absolute atomic E-state index is 0.000120. The molecule has 0 aliphatic rings. The van der Waals surface area contributed by atoms with Crippen LogP contribution in [0.3, 0.4) is 0 Å². The molecule has 1 amide bonds. The predicted molar refractivity (Wildman–Crippen MR) is 127 cm³/mol. The first-order valence-corrected chi connectivity index (χ1v) is 10.6. The van der Waals surface area contributed by atoms with Gasteiger partial charge in [-0.05, 0) is 59.5 Å². The zero-order valence-electron chi connectivity index (χ0n) is 16.0. The lowest BCUT2D eigenvalue weighted by atomic mass is 10.0. The average Bonchev–Trinajstić information content (AvgIpc) is 2.72. The Labute approximate surface area is 194 Å². The number of hydrogen-bond donors (Lipinski definition) is 1. The number of nitriles is 1. The number of amides is 1. The van der Waals surface area contributed by atoms with Crippen LogP contribution >= 0.6 is 39.1 Å². The van der Waals surface area contributed by atoms with Crippen LogP contribution < -0.4 is 5.32 Å². The van der Waals surface area contributed by atoms with E-state index in [4.69, 9.17) is 23.2 Å². The summed E-state index contributed by atoms with van der Waals surface area (Å²) in [5.41, 5.74) is 4.25. The summed E-state index contributed by atoms with van der Waals surface area (Å²) in [6.45, 7) is 1.86. The van der Waals surface area contributed by atoms with Gasteiger partial charge in [-0.15, -0.1) is 0 Å². The Hall–Kier alpha value is -2.58. The van der Waals surface area contributed by atoms with Crippen LogP contribution in [0.1, 0.15) is 22.3 Å². The summed E-state index contributed by atoms with van der Waals surface area (Å²) in [5, 5.41) is 13.5. The van der Waals surface area contributed by atoms with Crippen LogP contribution in [0.15, 0.2) is 70.7 Å². The van der Waals surface area contributed by atoms with Gasteiger partial charge in [0.25, 0.3) is 5.91 Å². The molecule has 0 bridgehead atoms. The molecule has 1 N–H and O–H groups in total. The lowest BCUT2D eigenvalue weighted by molar-refractivity contribution is -0.112. The molecule has 3 aromatic carbocycles. The highest BCUT2D eigenvalue weighted by Gasteiger charge is 2.12. The van der Waals surface area contributed by atoms with Crippen molar-refractivity contribution < 1.29 is 4.79 Å². The summed E-state index contributed by atoms with van der Waals surface area (Å²) in [6.07, 6.45) is 2.23. The topological polar surface area (TPSA) is 52.9 Å². The van der Waals surface area contributed by atoms with E-state index in [0.717, 1.165) is 26.7 Å². The van der Waals surface area contributed by atoms with Crippen molar-refractivity contribution in [3.05, 3.63) is 103 Å². The fourth-order valence-electron chi connectivity index (χ4n) is 2.88. The van der Waals surface area contributed by atoms with Crippen molar-refractivity contribution in [1.29, 1.82) is 5.26 Å². The quantitative estimate of drug-likeness (QED) is 0.298. The molecule has 0 radical (unpaired) electrons. The maximum Gasteiger partial charge on any atom is 0.266 e. The van der Waals surface area contributed by atoms with Crippen LogP contribution in [-0.2, 0) is 11.2 Å². The second kappa shape index (κ2) is 9.95. The molecule has 30 heavy (non-hydrogen) atoms. The summed E-state index contributed by atoms with van der Waals surface area (Å²) in [6, 6.07) is 20.6. The molecule has 0 saturated heterocycles. The second-order valence-electron chi connectivity index (χ2n) is 6.70. The van der Waals surface area contributed by atoms with Crippen LogP contribution in [0.4, 0.5) is 5.69 Å². The third-order valence-electron chi connectivity index (χ3n) is 4.54. The van der Waals surface area contributed by atoms with Gasteiger partial charge in [-0.2, -0.15) is 5.26 Å². The number of halogens is 3. The first kappa shape index (κ1) is 22.1. The number of carbonyl (C=O) groups is 1. The van der Waals surface area contributed by atoms with Crippen LogP contribution in [0, 0.1) is 18.3 Å². The largest absolute Gasteiger partial charge is 0.321 e. The van der Waals surface area contributed by atoms with Crippen molar-refractivity contribution in [2.24, 2.45) is 0 Å². The molecule has 0 fully saturated rings. The molecule has 3 nitrogen and oxygen atoms in total. The number of anilines is 1. The fraction of sp³-hybridized carbons (Fsp3) is 0.0833. The van der Waals surface area contributed by atoms with Gasteiger partial charge in [0.15, 0.2) is 0 Å². The van der Waals surface area contributed by atoms with Gasteiger partial charge in [-0.1, -0.05) is 75.5 Å². The monoisotopic (exact) mass is 498 g/mol. The first-order valence-electron chi connectivity index (χ1n) is 9.08. The molecule has 0 aliphatic heterocycles. The van der Waals surface area contributed by atoms with E-state index in [2.05, 4.69) is 21.2 Å². The van der Waals surface area contributed by atoms with Gasteiger partial charge in [-0.3, -0.25) is 4.79 Å². The Bertz CT molecular complexity index is 1180. The summed E-state index contributed by atoms with van der Waals surface area (Å²) in [7, 11) is 0. The van der Waals surface area contributed by atoms with E-state index in [-0.39, 0.29) is 5.57 Å². The van der Waals surface area contributed by atoms with Crippen molar-refractivity contribution in [2.75, 3.05) is 5.32 Å². The van der Waals surface area contributed by atoms with Gasteiger partial charge in [0.2, 0.25) is 0 Å². The van der Waals surface area contributed by atoms with Crippen molar-refractivity contribution in [3.8, 4) is 6.07 Å². The number of rotatable bonds is 5. The molecular formula is C24H17BrCl2N2O. The molecule has 150 valence electrons. The van der Waals surface area contributed by atoms with Crippen LogP contribution in [0.25, 0.3) is 6.08 Å². The maximum absolute atomic E-state index is 12.6. The smallest absolute Gasteiger partial charge is 0.266 e. The highest BCUT2D eigenvalue weighted by Crippen LogP contribution is 2.26. The third kappa shape index (κ3) is 5.52. The molecule has 0 saturated carbocycles. The van der Waals surface area contributed by atoms with Gasteiger partial charge in [-0.25, -0.2) is 0 Å². The minimum atomic E-state index is -0.487. The number of benzene rings is 3. The molecule has 0 spiro atoms. The normalized spacial score (nSPS) is 11.1. The van der Waals surface area contributed by atoms with Crippen LogP contribution in [-0.4, -0.2) is 5.91 Å². The summed E-state index contributed by atoms with van der Waals surface area (Å²) < 4.78 is 0.875. The third-order valence-corrected chi connectivity index (χ3v) is 5.88. The Kier molecular flexibility index (Phi) is 7.33. The Morgan fingerprint density at radius 2 is 1.87 bits per heavy atom. The Morgan fingerprint density at radius 1 is 1.10 bits per heavy atom. The SMILES string of the molecule is Cc1ccc(Cl)cc1NC(=O)/C(C#N)=C/c1ccc(Cc2ccccc2Cl)c(Br)c1. The van der Waals surface area contributed by atoms with Gasteiger partial charge < -0.3 is 5.32 Å². The van der Waals surface area contributed by atoms with E-state index >= 15 is 0 Å². The average molecular weight is 500 g/mol. The minimum Gasteiger partial charge on any atom is -0.321 e. The van der Waals surface area contributed by atoms with Crippen molar-refractivity contribution >= 4 is 56.8 Å². The zero-order chi connectivity index (χ0) is 21.7. The van der Waals surface area contributed by atoms with Crippen molar-refractivity contribution in [2.45, 2.75) is 13.3 Å². The molecule has 0 aliphatic carbocycles. The van der Waals surface area contributed by atoms with E-state index in [0.29, 0.717) is 22.2 Å². The highest BCUT2D eigenvalue weighted by atomic mass is 79.9. The van der Waals surface area contributed by atoms with E-state index in [1.807, 2.05) is 61.5 Å². The van der Waals surface area contributed by atoms with Gasteiger partial charge in [0, 0.05) is 26.6 Å². The van der Waals surface area contributed by atoms with Gasteiger partial charge in [0.1, 0.15) is 11.6 Å². The predicted octanol–water partition coefficient (Wildman–Crippen LogP) is 7.20. The molecule has 6 heteroatoms. The fourth-order valence-corrected chi connectivity index (χ4v) is 3.79. The Balaban J connectivity index is 1.81. The van der Waals surface area contributed by atoms with Crippen LogP contribution in [0.5, 0.6) is 0 Å². The van der Waals surface area contributed by atoms with E-state index < -0.39 is 5.91 Å². The molecule has 0 atom stereocenters. The van der Waals surface area contributed by atoms with Gasteiger partial charge >= 0.3 is 0 Å². The standard InChI is InChI=1S/C24H17BrCl2N2O/c1-15-6-9-20(26)13-23(15)29-24(30)19(14-28)10-16-7-8-17(21(25)11-16)12-18-4-2-3-5-22(18)27/h2-11,13H,12H2,1H3,(H,29,30)/b19-10+. The summed E-state index contributed by atoms with van der Waals surface area (Å²) >= 11 is 15.8. The lowest BCUT2D eigenvalue weighted by Gasteiger charge is -2.09. The molecule has 0 aromatic heterocycles. The van der Waals surface area contributed by atoms with Crippen molar-refractivity contribution in [3.63, 3.8) is 0 Å². The lowest BCUT2D eigenvalue weighted by Crippen LogP contribution is -2.14. The van der Waals surface area contributed by atoms with Crippen LogP contribution in [0.2, 0.25) is 10.0 Å². The second-order valence-corrected chi connectivity index (χ2v) is 8.40. The number of carbonyl (C=O) groups excluding carboxylic acids is 1. The first-order chi connectivity index (χ1) is 14.4. The van der Waals surface area contributed by atoms with Gasteiger partial charge in [0.05, 0.1) is 0 Å². The number of aryl methyl sites for hydroxylation is 1. The molecule has 3 rings (SSSR count). The van der Waals surface area contributed by atoms with Crippen molar-refractivity contribution in [1.82, 2.24) is 0 Å². The highest BCUT2D eigenvalue weighted by molar-refractivity contribution is 9.10. The van der Waals surface area contributed by atoms with E-state index in [9.17, 15) is 10.1 Å². The van der Waals surface area contributed by atoms with E-state index in [1.165, 1.54) is 0 Å². The summed E-state index contributed by atoms with van der Waals surface area (Å²) in [5.74, 6) is -0.487. The molecular weight excluding hydrogens is 483 g/mol. The van der Waals surface area contributed by atoms with E-state index in [1.54, 1.807) is 18.2 Å². The molecule has 0 unspecified atom stereocenters. The Morgan fingerprint density at radius 3 is 2.57 bits per heavy atom. The molecule has 3 aromatic rings. The molecule has 0 heterocycles. The number of nitrogens with one attached hydrogen (secondary N) is 1. The number of hydrogen-bond acceptors (Lipinski definition) is 2. The number of nitrogens with zero attached hydrogens (tertiary/aromatic N) is 1. The summed E-state index contributed by atoms with van der Waals surface area (Å²) in [4.78, 5) is 12.6. The maximum atomic E-state index is 12.6.